The molecule has 0 bridgehead atoms. The van der Waals surface area contributed by atoms with Gasteiger partial charge >= 0.3 is 0 Å². The molecule has 4 nitrogen and oxygen atoms in total. The Morgan fingerprint density at radius 1 is 1.25 bits per heavy atom. The van der Waals surface area contributed by atoms with Crippen molar-refractivity contribution >= 4 is 0 Å². The van der Waals surface area contributed by atoms with Crippen LogP contribution in [0.15, 0.2) is 0 Å². The summed E-state index contributed by atoms with van der Waals surface area (Å²) < 4.78 is 17.4. The van der Waals surface area contributed by atoms with Crippen LogP contribution in [0.1, 0.15) is 46.0 Å². The standard InChI is InChI=1S/C16H31NO3/c1-3-8-19-13-15(17-4-2)14-5-9-20-16(12-14)6-10-18-11-7-16/h14-15,17H,3-13H2,1-2H3. The van der Waals surface area contributed by atoms with Gasteiger partial charge in [-0.1, -0.05) is 13.8 Å². The summed E-state index contributed by atoms with van der Waals surface area (Å²) in [4.78, 5) is 0. The van der Waals surface area contributed by atoms with Crippen molar-refractivity contribution in [3.63, 3.8) is 0 Å². The molecule has 2 fully saturated rings. The van der Waals surface area contributed by atoms with E-state index in [1.165, 1.54) is 0 Å². The van der Waals surface area contributed by atoms with Crippen LogP contribution in [-0.2, 0) is 14.2 Å². The van der Waals surface area contributed by atoms with E-state index in [1.807, 2.05) is 0 Å². The molecule has 1 N–H and O–H groups in total. The number of ether oxygens (including phenoxy) is 3. The van der Waals surface area contributed by atoms with Crippen LogP contribution < -0.4 is 5.32 Å². The molecule has 0 aromatic heterocycles. The summed E-state index contributed by atoms with van der Waals surface area (Å²) >= 11 is 0. The van der Waals surface area contributed by atoms with Crippen molar-refractivity contribution in [2.75, 3.05) is 39.6 Å². The van der Waals surface area contributed by atoms with Crippen molar-refractivity contribution in [3.8, 4) is 0 Å². The molecule has 118 valence electrons. The van der Waals surface area contributed by atoms with E-state index < -0.39 is 0 Å². The van der Waals surface area contributed by atoms with Crippen molar-refractivity contribution in [2.45, 2.75) is 57.6 Å². The Balaban J connectivity index is 1.89. The Hall–Kier alpha value is -0.160. The van der Waals surface area contributed by atoms with E-state index in [-0.39, 0.29) is 5.60 Å². The molecule has 0 aromatic rings. The maximum atomic E-state index is 6.14. The second-order valence-corrected chi connectivity index (χ2v) is 6.14. The third-order valence-corrected chi connectivity index (χ3v) is 4.62. The lowest BCUT2D eigenvalue weighted by Gasteiger charge is -2.45. The molecule has 2 heterocycles. The fourth-order valence-electron chi connectivity index (χ4n) is 3.48. The van der Waals surface area contributed by atoms with Crippen LogP contribution in [0.2, 0.25) is 0 Å². The van der Waals surface area contributed by atoms with Crippen molar-refractivity contribution in [3.05, 3.63) is 0 Å². The van der Waals surface area contributed by atoms with Gasteiger partial charge in [0.25, 0.3) is 0 Å². The molecule has 2 aliphatic heterocycles. The Morgan fingerprint density at radius 3 is 2.75 bits per heavy atom. The molecule has 1 spiro atoms. The lowest BCUT2D eigenvalue weighted by molar-refractivity contribution is -0.152. The van der Waals surface area contributed by atoms with Gasteiger partial charge in [0.15, 0.2) is 0 Å². The van der Waals surface area contributed by atoms with Crippen molar-refractivity contribution in [2.24, 2.45) is 5.92 Å². The molecule has 2 unspecified atom stereocenters. The molecule has 0 saturated carbocycles. The summed E-state index contributed by atoms with van der Waals surface area (Å²) in [6.07, 6.45) is 5.50. The van der Waals surface area contributed by atoms with Gasteiger partial charge in [-0.2, -0.15) is 0 Å². The molecule has 0 aliphatic carbocycles. The molecular formula is C16H31NO3. The molecule has 4 heteroatoms. The van der Waals surface area contributed by atoms with Gasteiger partial charge in [-0.05, 0) is 44.6 Å². The van der Waals surface area contributed by atoms with E-state index in [4.69, 9.17) is 14.2 Å². The number of hydrogen-bond donors (Lipinski definition) is 1. The highest BCUT2D eigenvalue weighted by atomic mass is 16.5. The van der Waals surface area contributed by atoms with Crippen LogP contribution in [0, 0.1) is 5.92 Å². The second kappa shape index (κ2) is 8.32. The average molecular weight is 285 g/mol. The SMILES string of the molecule is CCCOCC(NCC)C1CCOC2(CCOCC2)C1. The summed E-state index contributed by atoms with van der Waals surface area (Å²) in [6.45, 7) is 9.64. The summed E-state index contributed by atoms with van der Waals surface area (Å²) in [6, 6.07) is 0.468. The smallest absolute Gasteiger partial charge is 0.0729 e. The van der Waals surface area contributed by atoms with Crippen LogP contribution in [0.25, 0.3) is 0 Å². The lowest BCUT2D eigenvalue weighted by Crippen LogP contribution is -2.50. The van der Waals surface area contributed by atoms with Crippen LogP contribution >= 0.6 is 0 Å². The predicted octanol–water partition coefficient (Wildman–Crippen LogP) is 2.37. The van der Waals surface area contributed by atoms with E-state index in [1.54, 1.807) is 0 Å². The van der Waals surface area contributed by atoms with Gasteiger partial charge in [0.1, 0.15) is 0 Å². The molecule has 20 heavy (non-hydrogen) atoms. The number of likely N-dealkylation sites (N-methyl/N-ethyl adjacent to an activating group) is 1. The van der Waals surface area contributed by atoms with Gasteiger partial charge in [0.2, 0.25) is 0 Å². The fraction of sp³-hybridized carbons (Fsp3) is 1.00. The van der Waals surface area contributed by atoms with Gasteiger partial charge in [0, 0.05) is 32.5 Å². The minimum absolute atomic E-state index is 0.0829. The quantitative estimate of drug-likeness (QED) is 0.729. The Kier molecular flexibility index (Phi) is 6.75. The maximum absolute atomic E-state index is 6.14. The average Bonchev–Trinajstić information content (AvgIpc) is 2.47. The molecule has 0 aromatic carbocycles. The summed E-state index contributed by atoms with van der Waals surface area (Å²) in [5.74, 6) is 0.665. The van der Waals surface area contributed by atoms with Crippen LogP contribution in [-0.4, -0.2) is 51.2 Å². The van der Waals surface area contributed by atoms with E-state index in [0.717, 1.165) is 71.7 Å². The highest BCUT2D eigenvalue weighted by Gasteiger charge is 2.41. The molecule has 2 saturated heterocycles. The highest BCUT2D eigenvalue weighted by molar-refractivity contribution is 4.92. The first kappa shape index (κ1) is 16.2. The second-order valence-electron chi connectivity index (χ2n) is 6.14. The zero-order valence-corrected chi connectivity index (χ0v) is 13.2. The third-order valence-electron chi connectivity index (χ3n) is 4.62. The predicted molar refractivity (Wildman–Crippen MR) is 80.0 cm³/mol. The number of hydrogen-bond acceptors (Lipinski definition) is 4. The number of nitrogens with one attached hydrogen (secondary N) is 1. The zero-order chi connectivity index (χ0) is 14.3. The minimum Gasteiger partial charge on any atom is -0.381 e. The molecule has 2 rings (SSSR count). The monoisotopic (exact) mass is 285 g/mol. The van der Waals surface area contributed by atoms with Crippen molar-refractivity contribution in [1.82, 2.24) is 5.32 Å². The van der Waals surface area contributed by atoms with Gasteiger partial charge < -0.3 is 19.5 Å². The van der Waals surface area contributed by atoms with E-state index in [9.17, 15) is 0 Å². The first-order valence-electron chi connectivity index (χ1n) is 8.32. The van der Waals surface area contributed by atoms with Crippen LogP contribution in [0.5, 0.6) is 0 Å². The van der Waals surface area contributed by atoms with E-state index >= 15 is 0 Å². The molecule has 0 amide bonds. The third kappa shape index (κ3) is 4.42. The summed E-state index contributed by atoms with van der Waals surface area (Å²) in [5, 5.41) is 3.62. The van der Waals surface area contributed by atoms with Crippen LogP contribution in [0.3, 0.4) is 0 Å². The van der Waals surface area contributed by atoms with Gasteiger partial charge in [-0.15, -0.1) is 0 Å². The summed E-state index contributed by atoms with van der Waals surface area (Å²) in [7, 11) is 0. The normalized spacial score (nSPS) is 27.6. The maximum Gasteiger partial charge on any atom is 0.0729 e. The first-order chi connectivity index (χ1) is 9.79. The largest absolute Gasteiger partial charge is 0.381 e. The summed E-state index contributed by atoms with van der Waals surface area (Å²) in [5.41, 5.74) is 0.0829. The molecular weight excluding hydrogens is 254 g/mol. The van der Waals surface area contributed by atoms with Crippen molar-refractivity contribution < 1.29 is 14.2 Å². The number of rotatable bonds is 7. The fourth-order valence-corrected chi connectivity index (χ4v) is 3.48. The molecule has 0 radical (unpaired) electrons. The van der Waals surface area contributed by atoms with Gasteiger partial charge in [0.05, 0.1) is 12.2 Å². The highest BCUT2D eigenvalue weighted by Crippen LogP contribution is 2.38. The van der Waals surface area contributed by atoms with Crippen LogP contribution in [0.4, 0.5) is 0 Å². The van der Waals surface area contributed by atoms with Gasteiger partial charge in [-0.25, -0.2) is 0 Å². The zero-order valence-electron chi connectivity index (χ0n) is 13.2. The van der Waals surface area contributed by atoms with Crippen molar-refractivity contribution in [1.29, 1.82) is 0 Å². The topological polar surface area (TPSA) is 39.7 Å². The molecule has 2 atom stereocenters. The minimum atomic E-state index is 0.0829. The Labute approximate surface area is 123 Å². The Bertz CT molecular complexity index is 261. The van der Waals surface area contributed by atoms with E-state index in [0.29, 0.717) is 12.0 Å². The van der Waals surface area contributed by atoms with E-state index in [2.05, 4.69) is 19.2 Å². The molecule has 2 aliphatic rings. The lowest BCUT2D eigenvalue weighted by atomic mass is 9.78. The first-order valence-corrected chi connectivity index (χ1v) is 8.32. The Morgan fingerprint density at radius 2 is 2.05 bits per heavy atom. The van der Waals surface area contributed by atoms with Gasteiger partial charge in [-0.3, -0.25) is 0 Å².